The van der Waals surface area contributed by atoms with Gasteiger partial charge >= 0.3 is 0 Å². The van der Waals surface area contributed by atoms with Gasteiger partial charge in [0, 0.05) is 22.9 Å². The minimum atomic E-state index is -0.236. The first-order valence-corrected chi connectivity index (χ1v) is 9.78. The van der Waals surface area contributed by atoms with Gasteiger partial charge in [0.2, 0.25) is 0 Å². The Morgan fingerprint density at radius 1 is 1.04 bits per heavy atom. The second-order valence-corrected chi connectivity index (χ2v) is 6.96. The fourth-order valence-corrected chi connectivity index (χ4v) is 2.97. The van der Waals surface area contributed by atoms with Gasteiger partial charge in [-0.15, -0.1) is 11.8 Å². The van der Waals surface area contributed by atoms with Crippen LogP contribution in [0.3, 0.4) is 0 Å². The lowest BCUT2D eigenvalue weighted by Gasteiger charge is -2.13. The van der Waals surface area contributed by atoms with E-state index in [-0.39, 0.29) is 11.9 Å². The van der Waals surface area contributed by atoms with Crippen molar-refractivity contribution in [1.82, 2.24) is 10.7 Å². The van der Waals surface area contributed by atoms with E-state index < -0.39 is 0 Å². The largest absolute Gasteiger partial charge is 0.360 e. The maximum absolute atomic E-state index is 12.1. The van der Waals surface area contributed by atoms with Gasteiger partial charge in [0.15, 0.2) is 5.11 Å². The van der Waals surface area contributed by atoms with E-state index in [1.807, 2.05) is 62.6 Å². The fourth-order valence-electron chi connectivity index (χ4n) is 2.11. The molecule has 0 saturated carbocycles. The van der Waals surface area contributed by atoms with Gasteiger partial charge in [0.1, 0.15) is 5.04 Å². The third-order valence-electron chi connectivity index (χ3n) is 3.30. The van der Waals surface area contributed by atoms with Crippen LogP contribution in [0.5, 0.6) is 0 Å². The lowest BCUT2D eigenvalue weighted by Crippen LogP contribution is -2.33. The molecule has 3 N–H and O–H groups in total. The van der Waals surface area contributed by atoms with Crippen molar-refractivity contribution in [2.75, 3.05) is 11.6 Å². The minimum Gasteiger partial charge on any atom is -0.360 e. The zero-order chi connectivity index (χ0) is 18.9. The van der Waals surface area contributed by atoms with Crippen LogP contribution >= 0.6 is 24.0 Å². The van der Waals surface area contributed by atoms with Crippen LogP contribution in [0.25, 0.3) is 0 Å². The standard InChI is InChI=1S/C19H22N4OS2/c1-13(2)20-19(25)21-16-11-9-15(10-12-16)18(26-3)23-22-17(24)14-7-5-4-6-8-14/h4-13H,1-3H3,(H,22,24)(H2,20,21,25)/b23-18-. The van der Waals surface area contributed by atoms with Crippen molar-refractivity contribution in [3.8, 4) is 0 Å². The van der Waals surface area contributed by atoms with E-state index in [4.69, 9.17) is 12.2 Å². The van der Waals surface area contributed by atoms with Crippen molar-refractivity contribution < 1.29 is 4.79 Å². The Bertz CT molecular complexity index is 774. The number of hydrazone groups is 1. The highest BCUT2D eigenvalue weighted by Gasteiger charge is 2.07. The number of nitrogens with zero attached hydrogens (tertiary/aromatic N) is 1. The van der Waals surface area contributed by atoms with Crippen molar-refractivity contribution >= 4 is 45.7 Å². The monoisotopic (exact) mass is 386 g/mol. The molecule has 1 amide bonds. The van der Waals surface area contributed by atoms with Gasteiger partial charge in [-0.05, 0) is 56.6 Å². The van der Waals surface area contributed by atoms with Gasteiger partial charge in [-0.3, -0.25) is 4.79 Å². The van der Waals surface area contributed by atoms with Gasteiger partial charge in [-0.2, -0.15) is 5.10 Å². The van der Waals surface area contributed by atoms with Gasteiger partial charge < -0.3 is 10.6 Å². The SMILES string of the molecule is CS/C(=N\NC(=O)c1ccccc1)c1ccc(NC(=S)NC(C)C)cc1. The average molecular weight is 387 g/mol. The number of carbonyl (C=O) groups excluding carboxylic acids is 1. The smallest absolute Gasteiger partial charge is 0.271 e. The van der Waals surface area contributed by atoms with Crippen LogP contribution in [-0.2, 0) is 0 Å². The summed E-state index contributed by atoms with van der Waals surface area (Å²) in [6, 6.07) is 17.0. The number of thiocarbonyl (C=S) groups is 1. The number of benzene rings is 2. The summed E-state index contributed by atoms with van der Waals surface area (Å²) >= 11 is 6.70. The molecule has 5 nitrogen and oxygen atoms in total. The van der Waals surface area contributed by atoms with E-state index >= 15 is 0 Å². The molecule has 0 bridgehead atoms. The molecule has 0 aromatic heterocycles. The predicted molar refractivity (Wildman–Crippen MR) is 115 cm³/mol. The van der Waals surface area contributed by atoms with Crippen molar-refractivity contribution in [1.29, 1.82) is 0 Å². The highest BCUT2D eigenvalue weighted by molar-refractivity contribution is 8.13. The molecule has 136 valence electrons. The maximum Gasteiger partial charge on any atom is 0.271 e. The van der Waals surface area contributed by atoms with E-state index in [2.05, 4.69) is 21.2 Å². The molecule has 0 unspecified atom stereocenters. The summed E-state index contributed by atoms with van der Waals surface area (Å²) in [5, 5.41) is 11.8. The first-order chi connectivity index (χ1) is 12.5. The predicted octanol–water partition coefficient (Wildman–Crippen LogP) is 3.84. The average Bonchev–Trinajstić information content (AvgIpc) is 2.63. The summed E-state index contributed by atoms with van der Waals surface area (Å²) in [6.07, 6.45) is 1.92. The molecular weight excluding hydrogens is 364 g/mol. The van der Waals surface area contributed by atoms with E-state index in [0.29, 0.717) is 10.7 Å². The molecule has 0 spiro atoms. The molecule has 2 aromatic rings. The summed E-state index contributed by atoms with van der Waals surface area (Å²) in [4.78, 5) is 12.1. The van der Waals surface area contributed by atoms with Crippen LogP contribution < -0.4 is 16.1 Å². The third-order valence-corrected chi connectivity index (χ3v) is 4.23. The molecule has 0 saturated heterocycles. The summed E-state index contributed by atoms with van der Waals surface area (Å²) in [7, 11) is 0. The Labute approximate surface area is 163 Å². The lowest BCUT2D eigenvalue weighted by molar-refractivity contribution is 0.0955. The van der Waals surface area contributed by atoms with Crippen LogP contribution in [-0.4, -0.2) is 28.4 Å². The number of amides is 1. The summed E-state index contributed by atoms with van der Waals surface area (Å²) in [5.41, 5.74) is 4.98. The number of thioether (sulfide) groups is 1. The molecule has 26 heavy (non-hydrogen) atoms. The lowest BCUT2D eigenvalue weighted by atomic mass is 10.2. The van der Waals surface area contributed by atoms with Gasteiger partial charge in [0.05, 0.1) is 0 Å². The van der Waals surface area contributed by atoms with Gasteiger partial charge in [0.25, 0.3) is 5.91 Å². The van der Waals surface area contributed by atoms with Gasteiger partial charge in [-0.25, -0.2) is 5.43 Å². The minimum absolute atomic E-state index is 0.236. The number of carbonyl (C=O) groups is 1. The topological polar surface area (TPSA) is 65.5 Å². The fraction of sp³-hybridized carbons (Fsp3) is 0.211. The highest BCUT2D eigenvalue weighted by Crippen LogP contribution is 2.15. The van der Waals surface area contributed by atoms with E-state index in [9.17, 15) is 4.79 Å². The molecule has 0 atom stereocenters. The van der Waals surface area contributed by atoms with E-state index in [0.717, 1.165) is 16.3 Å². The summed E-state index contributed by atoms with van der Waals surface area (Å²) in [6.45, 7) is 4.06. The molecular formula is C19H22N4OS2. The Morgan fingerprint density at radius 3 is 2.27 bits per heavy atom. The second kappa shape index (κ2) is 9.94. The molecule has 0 aliphatic heterocycles. The van der Waals surface area contributed by atoms with Gasteiger partial charge in [-0.1, -0.05) is 30.3 Å². The van der Waals surface area contributed by atoms with Crippen LogP contribution in [0.2, 0.25) is 0 Å². The summed E-state index contributed by atoms with van der Waals surface area (Å²) in [5.74, 6) is -0.236. The van der Waals surface area contributed by atoms with Crippen LogP contribution in [0.4, 0.5) is 5.69 Å². The Kier molecular flexibility index (Phi) is 7.62. The number of rotatable bonds is 5. The molecule has 0 fully saturated rings. The van der Waals surface area contributed by atoms with Crippen molar-refractivity contribution in [3.63, 3.8) is 0 Å². The number of hydrogen-bond acceptors (Lipinski definition) is 4. The summed E-state index contributed by atoms with van der Waals surface area (Å²) < 4.78 is 0. The molecule has 0 aliphatic rings. The van der Waals surface area contributed by atoms with Crippen molar-refractivity contribution in [2.45, 2.75) is 19.9 Å². The molecule has 0 heterocycles. The Hall–Kier alpha value is -2.38. The Morgan fingerprint density at radius 2 is 1.69 bits per heavy atom. The van der Waals surface area contributed by atoms with Crippen LogP contribution in [0, 0.1) is 0 Å². The molecule has 0 radical (unpaired) electrons. The zero-order valence-corrected chi connectivity index (χ0v) is 16.6. The highest BCUT2D eigenvalue weighted by atomic mass is 32.2. The molecule has 2 rings (SSSR count). The van der Waals surface area contributed by atoms with Crippen molar-refractivity contribution in [2.24, 2.45) is 5.10 Å². The quantitative estimate of drug-likeness (QED) is 0.315. The Balaban J connectivity index is 2.03. The normalized spacial score (nSPS) is 11.2. The number of anilines is 1. The molecule has 7 heteroatoms. The van der Waals surface area contributed by atoms with E-state index in [1.54, 1.807) is 12.1 Å². The van der Waals surface area contributed by atoms with E-state index in [1.165, 1.54) is 11.8 Å². The second-order valence-electron chi connectivity index (χ2n) is 5.76. The molecule has 2 aromatic carbocycles. The first kappa shape index (κ1) is 19.9. The number of nitrogens with one attached hydrogen (secondary N) is 3. The third kappa shape index (κ3) is 6.16. The van der Waals surface area contributed by atoms with Crippen molar-refractivity contribution in [3.05, 3.63) is 65.7 Å². The number of hydrogen-bond donors (Lipinski definition) is 3. The van der Waals surface area contributed by atoms with Crippen LogP contribution in [0.15, 0.2) is 59.7 Å². The zero-order valence-electron chi connectivity index (χ0n) is 14.9. The van der Waals surface area contributed by atoms with Crippen LogP contribution in [0.1, 0.15) is 29.8 Å². The maximum atomic E-state index is 12.1. The first-order valence-electron chi connectivity index (χ1n) is 8.14. The molecule has 0 aliphatic carbocycles.